The van der Waals surface area contributed by atoms with Crippen LogP contribution in [-0.2, 0) is 22.7 Å². The van der Waals surface area contributed by atoms with Gasteiger partial charge in [-0.2, -0.15) is 5.10 Å². The number of benzene rings is 2. The Balaban J connectivity index is 1.49. The van der Waals surface area contributed by atoms with Crippen molar-refractivity contribution in [3.8, 4) is 0 Å². The number of ketones is 1. The van der Waals surface area contributed by atoms with E-state index >= 15 is 0 Å². The number of aryl methyl sites for hydroxylation is 2. The van der Waals surface area contributed by atoms with E-state index in [2.05, 4.69) is 15.2 Å². The van der Waals surface area contributed by atoms with Gasteiger partial charge in [0.15, 0.2) is 11.4 Å². The van der Waals surface area contributed by atoms with Gasteiger partial charge in [0.2, 0.25) is 9.84 Å². The van der Waals surface area contributed by atoms with Crippen LogP contribution in [0.2, 0.25) is 0 Å². The van der Waals surface area contributed by atoms with Crippen LogP contribution in [0.1, 0.15) is 34.8 Å². The van der Waals surface area contributed by atoms with E-state index in [1.165, 1.54) is 30.5 Å². The molecule has 0 atom stereocenters. The minimum atomic E-state index is -3.83. The summed E-state index contributed by atoms with van der Waals surface area (Å²) in [6, 6.07) is 11.9. The molecule has 0 saturated carbocycles. The smallest absolute Gasteiger partial charge is 0.206 e. The Morgan fingerprint density at radius 2 is 1.84 bits per heavy atom. The van der Waals surface area contributed by atoms with Crippen molar-refractivity contribution in [2.45, 2.75) is 36.0 Å². The van der Waals surface area contributed by atoms with Crippen molar-refractivity contribution in [2.75, 3.05) is 0 Å². The molecule has 0 aliphatic heterocycles. The molecule has 0 bridgehead atoms. The highest BCUT2D eigenvalue weighted by Crippen LogP contribution is 2.26. The molecule has 2 heterocycles. The van der Waals surface area contributed by atoms with E-state index < -0.39 is 15.7 Å². The van der Waals surface area contributed by atoms with E-state index in [1.54, 1.807) is 24.4 Å². The number of carbonyl (C=O) groups is 1. The van der Waals surface area contributed by atoms with Gasteiger partial charge in [0.25, 0.3) is 0 Å². The Hall–Kier alpha value is -3.39. The van der Waals surface area contributed by atoms with Gasteiger partial charge in [0.1, 0.15) is 5.82 Å². The number of sulfone groups is 1. The summed E-state index contributed by atoms with van der Waals surface area (Å²) in [6.45, 7) is 1.83. The number of fused-ring (bicyclic) bond motifs is 1. The highest BCUT2D eigenvalue weighted by Gasteiger charge is 2.21. The summed E-state index contributed by atoms with van der Waals surface area (Å²) in [6.07, 6.45) is 4.34. The van der Waals surface area contributed by atoms with Gasteiger partial charge < -0.3 is 0 Å². The Bertz CT molecular complexity index is 1360. The van der Waals surface area contributed by atoms with Gasteiger partial charge in [-0.15, -0.1) is 0 Å². The molecule has 0 aliphatic carbocycles. The van der Waals surface area contributed by atoms with E-state index in [0.717, 1.165) is 17.0 Å². The first-order valence-electron chi connectivity index (χ1n) is 9.83. The number of H-pyrrole nitrogens is 1. The highest BCUT2D eigenvalue weighted by molar-refractivity contribution is 7.91. The number of aromatic amines is 1. The van der Waals surface area contributed by atoms with Crippen molar-refractivity contribution >= 4 is 26.7 Å². The summed E-state index contributed by atoms with van der Waals surface area (Å²) in [7, 11) is -3.83. The summed E-state index contributed by atoms with van der Waals surface area (Å²) < 4.78 is 39.6. The lowest BCUT2D eigenvalue weighted by Gasteiger charge is -2.10. The molecule has 1 N–H and O–H groups in total. The predicted octanol–water partition coefficient (Wildman–Crippen LogP) is 4.31. The van der Waals surface area contributed by atoms with Gasteiger partial charge in [-0.05, 0) is 54.3 Å². The molecule has 2 aromatic heterocycles. The van der Waals surface area contributed by atoms with Gasteiger partial charge in [-0.25, -0.2) is 17.8 Å². The zero-order valence-corrected chi connectivity index (χ0v) is 17.6. The number of hydrogen-bond acceptors (Lipinski definition) is 5. The molecule has 31 heavy (non-hydrogen) atoms. The topological polar surface area (TPSA) is 92.8 Å². The number of halogens is 1. The fourth-order valence-electron chi connectivity index (χ4n) is 3.42. The number of hydrogen-bond donors (Lipinski definition) is 1. The van der Waals surface area contributed by atoms with Gasteiger partial charge in [0.05, 0.1) is 16.0 Å². The van der Waals surface area contributed by atoms with E-state index in [9.17, 15) is 17.6 Å². The highest BCUT2D eigenvalue weighted by atomic mass is 32.2. The molecule has 0 spiro atoms. The lowest BCUT2D eigenvalue weighted by Crippen LogP contribution is -2.06. The maximum atomic E-state index is 13.7. The third-order valence-corrected chi connectivity index (χ3v) is 7.04. The summed E-state index contributed by atoms with van der Waals surface area (Å²) >= 11 is 0. The third-order valence-electron chi connectivity index (χ3n) is 5.19. The second kappa shape index (κ2) is 8.39. The Morgan fingerprint density at radius 1 is 1.06 bits per heavy atom. The SMILES string of the molecule is CCc1ccc(F)cc1S(=O)(=O)c1ccc(CCC(=O)c2cnc3[nH]ncc3c2)cc1. The molecule has 0 fully saturated rings. The monoisotopic (exact) mass is 437 g/mol. The van der Waals surface area contributed by atoms with Crippen LogP contribution in [0.5, 0.6) is 0 Å². The molecule has 6 nitrogen and oxygen atoms in total. The minimum Gasteiger partial charge on any atom is -0.294 e. The van der Waals surface area contributed by atoms with Gasteiger partial charge in [-0.1, -0.05) is 25.1 Å². The van der Waals surface area contributed by atoms with Crippen LogP contribution in [0, 0.1) is 5.82 Å². The van der Waals surface area contributed by atoms with Crippen LogP contribution in [0.4, 0.5) is 4.39 Å². The number of nitrogens with zero attached hydrogens (tertiary/aromatic N) is 2. The van der Waals surface area contributed by atoms with Crippen molar-refractivity contribution in [3.63, 3.8) is 0 Å². The van der Waals surface area contributed by atoms with Crippen molar-refractivity contribution in [2.24, 2.45) is 0 Å². The number of carbonyl (C=O) groups excluding carboxylic acids is 1. The molecule has 0 saturated heterocycles. The number of rotatable bonds is 7. The molecule has 2 aromatic carbocycles. The number of Topliss-reactive ketones (excluding diaryl/α,β-unsaturated/α-hetero) is 1. The number of aromatic nitrogens is 3. The Morgan fingerprint density at radius 3 is 2.58 bits per heavy atom. The number of pyridine rings is 1. The molecule has 4 aromatic rings. The normalized spacial score (nSPS) is 11.7. The summed E-state index contributed by atoms with van der Waals surface area (Å²) in [5, 5.41) is 7.40. The van der Waals surface area contributed by atoms with Crippen LogP contribution < -0.4 is 0 Å². The fraction of sp³-hybridized carbons (Fsp3) is 0.174. The summed E-state index contributed by atoms with van der Waals surface area (Å²) in [4.78, 5) is 16.7. The minimum absolute atomic E-state index is 0.0138. The van der Waals surface area contributed by atoms with Gasteiger partial charge >= 0.3 is 0 Å². The second-order valence-electron chi connectivity index (χ2n) is 7.21. The van der Waals surface area contributed by atoms with Crippen molar-refractivity contribution in [3.05, 3.63) is 83.4 Å². The van der Waals surface area contributed by atoms with E-state index in [-0.39, 0.29) is 22.0 Å². The van der Waals surface area contributed by atoms with Crippen LogP contribution in [0.25, 0.3) is 11.0 Å². The maximum absolute atomic E-state index is 13.7. The number of nitrogens with one attached hydrogen (secondary N) is 1. The first-order chi connectivity index (χ1) is 14.9. The summed E-state index contributed by atoms with van der Waals surface area (Å²) in [5.41, 5.74) is 2.53. The Labute approximate surface area is 179 Å². The molecule has 8 heteroatoms. The van der Waals surface area contributed by atoms with Crippen LogP contribution in [0.3, 0.4) is 0 Å². The lowest BCUT2D eigenvalue weighted by atomic mass is 10.0. The Kier molecular flexibility index (Phi) is 5.65. The molecule has 0 radical (unpaired) electrons. The maximum Gasteiger partial charge on any atom is 0.206 e. The molecule has 0 aliphatic rings. The van der Waals surface area contributed by atoms with Crippen molar-refractivity contribution in [1.82, 2.24) is 15.2 Å². The van der Waals surface area contributed by atoms with E-state index in [4.69, 9.17) is 0 Å². The van der Waals surface area contributed by atoms with Crippen LogP contribution in [-0.4, -0.2) is 29.4 Å². The zero-order chi connectivity index (χ0) is 22.0. The molecular formula is C23H20FN3O3S. The second-order valence-corrected chi connectivity index (χ2v) is 9.13. The molecular weight excluding hydrogens is 417 g/mol. The fourth-order valence-corrected chi connectivity index (χ4v) is 5.00. The first-order valence-corrected chi connectivity index (χ1v) is 11.3. The average molecular weight is 437 g/mol. The molecule has 0 unspecified atom stereocenters. The van der Waals surface area contributed by atoms with Crippen LogP contribution >= 0.6 is 0 Å². The third kappa shape index (κ3) is 4.25. The average Bonchev–Trinajstić information content (AvgIpc) is 3.25. The van der Waals surface area contributed by atoms with E-state index in [0.29, 0.717) is 29.6 Å². The quantitative estimate of drug-likeness (QED) is 0.435. The van der Waals surface area contributed by atoms with Gasteiger partial charge in [-0.3, -0.25) is 9.89 Å². The lowest BCUT2D eigenvalue weighted by molar-refractivity contribution is 0.0982. The largest absolute Gasteiger partial charge is 0.294 e. The summed E-state index contributed by atoms with van der Waals surface area (Å²) in [5.74, 6) is -0.645. The van der Waals surface area contributed by atoms with Crippen molar-refractivity contribution < 1.29 is 17.6 Å². The molecule has 4 rings (SSSR count). The standard InChI is InChI=1S/C23H20FN3O3S/c1-2-16-6-7-19(24)12-22(16)31(29,30)20-8-3-15(4-9-20)5-10-21(28)17-11-18-14-26-27-23(18)25-13-17/h3-4,6-9,11-14H,2,5,10H2,1H3,(H,25,26,27). The van der Waals surface area contributed by atoms with Crippen molar-refractivity contribution in [1.29, 1.82) is 0 Å². The predicted molar refractivity (Wildman–Crippen MR) is 114 cm³/mol. The molecule has 158 valence electrons. The zero-order valence-electron chi connectivity index (χ0n) is 16.8. The molecule has 0 amide bonds. The van der Waals surface area contributed by atoms with Gasteiger partial charge in [0, 0.05) is 23.6 Å². The van der Waals surface area contributed by atoms with E-state index in [1.807, 2.05) is 6.92 Å². The van der Waals surface area contributed by atoms with Crippen LogP contribution in [0.15, 0.2) is 70.7 Å². The first kappa shape index (κ1) is 20.9.